The number of carbonyl (C=O) groups excluding carboxylic acids is 1. The van der Waals surface area contributed by atoms with Crippen LogP contribution >= 0.6 is 0 Å². The van der Waals surface area contributed by atoms with Crippen molar-refractivity contribution in [3.8, 4) is 5.75 Å². The molecule has 1 aromatic rings. The summed E-state index contributed by atoms with van der Waals surface area (Å²) in [6.45, 7) is 7.03. The van der Waals surface area contributed by atoms with Crippen molar-refractivity contribution >= 4 is 5.91 Å². The molecule has 2 heterocycles. The Kier molecular flexibility index (Phi) is 7.29. The number of ether oxygens (including phenoxy) is 2. The third-order valence-corrected chi connectivity index (χ3v) is 5.23. The van der Waals surface area contributed by atoms with Gasteiger partial charge in [-0.25, -0.2) is 0 Å². The van der Waals surface area contributed by atoms with Gasteiger partial charge in [0.25, 0.3) is 0 Å². The molecule has 2 aliphatic rings. The van der Waals surface area contributed by atoms with Gasteiger partial charge in [-0.05, 0) is 30.9 Å². The first-order chi connectivity index (χ1) is 12.7. The van der Waals surface area contributed by atoms with Crippen molar-refractivity contribution < 1.29 is 14.3 Å². The van der Waals surface area contributed by atoms with Crippen LogP contribution in [-0.4, -0.2) is 81.3 Å². The van der Waals surface area contributed by atoms with Crippen molar-refractivity contribution in [1.82, 2.24) is 15.1 Å². The molecular weight excluding hydrogens is 330 g/mol. The zero-order valence-corrected chi connectivity index (χ0v) is 15.8. The van der Waals surface area contributed by atoms with Crippen molar-refractivity contribution in [2.24, 2.45) is 0 Å². The average molecular weight is 361 g/mol. The third-order valence-electron chi connectivity index (χ3n) is 5.23. The Labute approximate surface area is 156 Å². The molecule has 6 nitrogen and oxygen atoms in total. The van der Waals surface area contributed by atoms with E-state index in [2.05, 4.69) is 15.1 Å². The van der Waals surface area contributed by atoms with E-state index in [0.717, 1.165) is 57.1 Å². The Morgan fingerprint density at radius 2 is 2.00 bits per heavy atom. The zero-order chi connectivity index (χ0) is 18.2. The normalized spacial score (nSPS) is 21.7. The summed E-state index contributed by atoms with van der Waals surface area (Å²) in [5.41, 5.74) is 1.12. The fraction of sp³-hybridized carbons (Fsp3) is 0.650. The lowest BCUT2D eigenvalue weighted by atomic mass is 10.1. The van der Waals surface area contributed by atoms with Crippen LogP contribution < -0.4 is 10.1 Å². The van der Waals surface area contributed by atoms with Gasteiger partial charge >= 0.3 is 0 Å². The van der Waals surface area contributed by atoms with Crippen molar-refractivity contribution in [2.75, 3.05) is 59.5 Å². The van der Waals surface area contributed by atoms with E-state index in [0.29, 0.717) is 19.2 Å². The van der Waals surface area contributed by atoms with E-state index in [9.17, 15) is 4.79 Å². The summed E-state index contributed by atoms with van der Waals surface area (Å²) in [7, 11) is 1.68. The maximum atomic E-state index is 12.2. The number of hydrogen-bond acceptors (Lipinski definition) is 5. The van der Waals surface area contributed by atoms with Crippen LogP contribution in [0.4, 0.5) is 0 Å². The molecule has 3 rings (SSSR count). The molecule has 0 bridgehead atoms. The summed E-state index contributed by atoms with van der Waals surface area (Å²) in [5.74, 6) is 0.983. The second-order valence-electron chi connectivity index (χ2n) is 7.12. The number of rotatable bonds is 8. The predicted octanol–water partition coefficient (Wildman–Crippen LogP) is 1.15. The summed E-state index contributed by atoms with van der Waals surface area (Å²) >= 11 is 0. The Morgan fingerprint density at radius 1 is 1.23 bits per heavy atom. The highest BCUT2D eigenvalue weighted by molar-refractivity contribution is 5.78. The van der Waals surface area contributed by atoms with Gasteiger partial charge in [-0.3, -0.25) is 14.6 Å². The number of nitrogens with zero attached hydrogens (tertiary/aromatic N) is 2. The molecule has 1 N–H and O–H groups in total. The standard InChI is InChI=1S/C20H31N3O3/c1-25-19-7-3-2-5-17(19)8-9-21-20(24)16-23-12-10-22(11-13-23)15-18-6-4-14-26-18/h2-3,5,7,18H,4,6,8-16H2,1H3,(H,21,24). The summed E-state index contributed by atoms with van der Waals surface area (Å²) in [6.07, 6.45) is 3.58. The molecule has 0 saturated carbocycles. The lowest BCUT2D eigenvalue weighted by Crippen LogP contribution is -2.51. The second kappa shape index (κ2) is 9.90. The lowest BCUT2D eigenvalue weighted by molar-refractivity contribution is -0.122. The van der Waals surface area contributed by atoms with Crippen LogP contribution in [-0.2, 0) is 16.0 Å². The van der Waals surface area contributed by atoms with Crippen LogP contribution in [0.15, 0.2) is 24.3 Å². The highest BCUT2D eigenvalue weighted by Crippen LogP contribution is 2.17. The van der Waals surface area contributed by atoms with Crippen LogP contribution in [0.5, 0.6) is 5.75 Å². The smallest absolute Gasteiger partial charge is 0.234 e. The molecule has 0 aromatic heterocycles. The molecule has 6 heteroatoms. The van der Waals surface area contributed by atoms with E-state index in [1.165, 1.54) is 12.8 Å². The van der Waals surface area contributed by atoms with Gasteiger partial charge in [0.1, 0.15) is 5.75 Å². The molecular formula is C20H31N3O3. The van der Waals surface area contributed by atoms with Gasteiger partial charge in [0.2, 0.25) is 5.91 Å². The Balaban J connectivity index is 1.31. The van der Waals surface area contributed by atoms with Gasteiger partial charge in [-0.1, -0.05) is 18.2 Å². The minimum absolute atomic E-state index is 0.104. The van der Waals surface area contributed by atoms with E-state index in [1.807, 2.05) is 24.3 Å². The minimum Gasteiger partial charge on any atom is -0.496 e. The molecule has 1 unspecified atom stereocenters. The van der Waals surface area contributed by atoms with Crippen molar-refractivity contribution in [3.63, 3.8) is 0 Å². The summed E-state index contributed by atoms with van der Waals surface area (Å²) in [6, 6.07) is 7.95. The molecule has 1 aromatic carbocycles. The third kappa shape index (κ3) is 5.69. The second-order valence-corrected chi connectivity index (χ2v) is 7.12. The van der Waals surface area contributed by atoms with E-state index in [-0.39, 0.29) is 5.91 Å². The highest BCUT2D eigenvalue weighted by Gasteiger charge is 2.23. The molecule has 2 saturated heterocycles. The maximum absolute atomic E-state index is 12.2. The number of amides is 1. The first-order valence-electron chi connectivity index (χ1n) is 9.69. The number of hydrogen-bond donors (Lipinski definition) is 1. The molecule has 1 atom stereocenters. The monoisotopic (exact) mass is 361 g/mol. The molecule has 144 valence electrons. The zero-order valence-electron chi connectivity index (χ0n) is 15.8. The number of methoxy groups -OCH3 is 1. The van der Waals surface area contributed by atoms with Gasteiger partial charge in [-0.2, -0.15) is 0 Å². The Bertz CT molecular complexity index is 567. The molecule has 0 spiro atoms. The topological polar surface area (TPSA) is 54.0 Å². The van der Waals surface area contributed by atoms with Gasteiger partial charge in [0.05, 0.1) is 19.8 Å². The van der Waals surface area contributed by atoms with E-state index in [1.54, 1.807) is 7.11 Å². The van der Waals surface area contributed by atoms with Crippen molar-refractivity contribution in [1.29, 1.82) is 0 Å². The SMILES string of the molecule is COc1ccccc1CCNC(=O)CN1CCN(CC2CCCO2)CC1. The van der Waals surface area contributed by atoms with E-state index < -0.39 is 0 Å². The Hall–Kier alpha value is -1.63. The van der Waals surface area contributed by atoms with Crippen molar-refractivity contribution in [2.45, 2.75) is 25.4 Å². The first kappa shape index (κ1) is 19.1. The molecule has 1 amide bonds. The van der Waals surface area contributed by atoms with Crippen LogP contribution in [0.1, 0.15) is 18.4 Å². The Morgan fingerprint density at radius 3 is 2.73 bits per heavy atom. The molecule has 0 radical (unpaired) electrons. The highest BCUT2D eigenvalue weighted by atomic mass is 16.5. The van der Waals surface area contributed by atoms with Crippen LogP contribution in [0.3, 0.4) is 0 Å². The lowest BCUT2D eigenvalue weighted by Gasteiger charge is -2.35. The maximum Gasteiger partial charge on any atom is 0.234 e. The van der Waals surface area contributed by atoms with Gasteiger partial charge in [0.15, 0.2) is 0 Å². The predicted molar refractivity (Wildman–Crippen MR) is 102 cm³/mol. The van der Waals surface area contributed by atoms with Crippen LogP contribution in [0.25, 0.3) is 0 Å². The summed E-state index contributed by atoms with van der Waals surface area (Å²) in [4.78, 5) is 16.9. The number of carbonyl (C=O) groups is 1. The fourth-order valence-electron chi connectivity index (χ4n) is 3.71. The largest absolute Gasteiger partial charge is 0.496 e. The average Bonchev–Trinajstić information content (AvgIpc) is 3.17. The van der Waals surface area contributed by atoms with Gasteiger partial charge < -0.3 is 14.8 Å². The molecule has 0 aliphatic carbocycles. The van der Waals surface area contributed by atoms with Crippen LogP contribution in [0.2, 0.25) is 0 Å². The summed E-state index contributed by atoms with van der Waals surface area (Å²) in [5, 5.41) is 3.03. The quantitative estimate of drug-likeness (QED) is 0.753. The number of para-hydroxylation sites is 1. The molecule has 2 fully saturated rings. The number of piperazine rings is 1. The van der Waals surface area contributed by atoms with E-state index >= 15 is 0 Å². The molecule has 2 aliphatic heterocycles. The van der Waals surface area contributed by atoms with Gasteiger partial charge in [0, 0.05) is 45.9 Å². The number of nitrogens with one attached hydrogen (secondary N) is 1. The minimum atomic E-state index is 0.104. The van der Waals surface area contributed by atoms with Crippen LogP contribution in [0, 0.1) is 0 Å². The summed E-state index contributed by atoms with van der Waals surface area (Å²) < 4.78 is 11.1. The fourth-order valence-corrected chi connectivity index (χ4v) is 3.71. The first-order valence-corrected chi connectivity index (χ1v) is 9.69. The van der Waals surface area contributed by atoms with Crippen molar-refractivity contribution in [3.05, 3.63) is 29.8 Å². The molecule has 26 heavy (non-hydrogen) atoms. The van der Waals surface area contributed by atoms with E-state index in [4.69, 9.17) is 9.47 Å². The number of benzene rings is 1. The van der Waals surface area contributed by atoms with Gasteiger partial charge in [-0.15, -0.1) is 0 Å².